The van der Waals surface area contributed by atoms with Crippen LogP contribution >= 0.6 is 0 Å². The first-order chi connectivity index (χ1) is 7.84. The third kappa shape index (κ3) is 2.68. The maximum atomic E-state index is 10.7. The normalized spacial score (nSPS) is 14.0. The molecular formula is C9H11N3O5. The van der Waals surface area contributed by atoms with Crippen LogP contribution in [0.25, 0.3) is 0 Å². The number of nitrogens with zero attached hydrogens (tertiary/aromatic N) is 1. The zero-order valence-electron chi connectivity index (χ0n) is 8.61. The number of benzene rings is 1. The predicted molar refractivity (Wildman–Crippen MR) is 57.7 cm³/mol. The van der Waals surface area contributed by atoms with Gasteiger partial charge in [-0.3, -0.25) is 14.9 Å². The zero-order chi connectivity index (χ0) is 13.2. The van der Waals surface area contributed by atoms with Crippen molar-refractivity contribution >= 4 is 17.3 Å². The highest BCUT2D eigenvalue weighted by atomic mass is 16.6. The number of aliphatic hydroxyl groups is 2. The van der Waals surface area contributed by atoms with Crippen molar-refractivity contribution in [2.75, 3.05) is 5.73 Å². The van der Waals surface area contributed by atoms with E-state index >= 15 is 0 Å². The van der Waals surface area contributed by atoms with E-state index < -0.39 is 28.7 Å². The van der Waals surface area contributed by atoms with Crippen molar-refractivity contribution in [3.8, 4) is 0 Å². The average Bonchev–Trinajstić information content (AvgIpc) is 2.26. The molecule has 1 amide bonds. The number of carbonyl (C=O) groups is 1. The molecule has 2 unspecified atom stereocenters. The van der Waals surface area contributed by atoms with Crippen molar-refractivity contribution in [3.05, 3.63) is 33.9 Å². The van der Waals surface area contributed by atoms with Crippen LogP contribution in [0.15, 0.2) is 18.2 Å². The van der Waals surface area contributed by atoms with Crippen LogP contribution in [0.4, 0.5) is 11.4 Å². The van der Waals surface area contributed by atoms with E-state index in [-0.39, 0.29) is 11.3 Å². The smallest absolute Gasteiger partial charge is 0.277 e. The molecule has 0 aliphatic carbocycles. The number of carbonyl (C=O) groups excluding carboxylic acids is 1. The Morgan fingerprint density at radius 2 is 2.00 bits per heavy atom. The fraction of sp³-hybridized carbons (Fsp3) is 0.222. The molecule has 0 bridgehead atoms. The molecule has 6 N–H and O–H groups in total. The molecular weight excluding hydrogens is 230 g/mol. The maximum Gasteiger partial charge on any atom is 0.277 e. The monoisotopic (exact) mass is 241 g/mol. The van der Waals surface area contributed by atoms with Crippen molar-refractivity contribution < 1.29 is 19.9 Å². The molecule has 1 aromatic rings. The molecule has 0 heterocycles. The molecule has 2 atom stereocenters. The van der Waals surface area contributed by atoms with E-state index in [2.05, 4.69) is 0 Å². The Hall–Kier alpha value is -2.19. The van der Waals surface area contributed by atoms with E-state index in [4.69, 9.17) is 11.5 Å². The van der Waals surface area contributed by atoms with Gasteiger partial charge in [-0.25, -0.2) is 0 Å². The largest absolute Gasteiger partial charge is 0.399 e. The molecule has 0 fully saturated rings. The molecule has 17 heavy (non-hydrogen) atoms. The van der Waals surface area contributed by atoms with Crippen LogP contribution in [0.1, 0.15) is 11.7 Å². The second-order valence-electron chi connectivity index (χ2n) is 3.37. The summed E-state index contributed by atoms with van der Waals surface area (Å²) < 4.78 is 0. The number of amides is 1. The number of anilines is 1. The number of primary amides is 1. The zero-order valence-corrected chi connectivity index (χ0v) is 8.61. The van der Waals surface area contributed by atoms with Gasteiger partial charge in [0, 0.05) is 11.8 Å². The minimum absolute atomic E-state index is 0.126. The second-order valence-corrected chi connectivity index (χ2v) is 3.37. The number of nitro benzene ring substituents is 1. The molecule has 0 aromatic heterocycles. The van der Waals surface area contributed by atoms with Gasteiger partial charge < -0.3 is 21.7 Å². The van der Waals surface area contributed by atoms with Gasteiger partial charge >= 0.3 is 0 Å². The Labute approximate surface area is 95.6 Å². The van der Waals surface area contributed by atoms with Crippen molar-refractivity contribution in [3.63, 3.8) is 0 Å². The highest BCUT2D eigenvalue weighted by Gasteiger charge is 2.29. The van der Waals surface area contributed by atoms with E-state index in [9.17, 15) is 25.1 Å². The highest BCUT2D eigenvalue weighted by Crippen LogP contribution is 2.29. The Morgan fingerprint density at radius 3 is 2.47 bits per heavy atom. The summed E-state index contributed by atoms with van der Waals surface area (Å²) >= 11 is 0. The third-order valence-corrected chi connectivity index (χ3v) is 2.16. The summed E-state index contributed by atoms with van der Waals surface area (Å²) in [4.78, 5) is 20.6. The van der Waals surface area contributed by atoms with Crippen molar-refractivity contribution in [2.45, 2.75) is 12.2 Å². The number of rotatable bonds is 4. The van der Waals surface area contributed by atoms with Gasteiger partial charge in [0.25, 0.3) is 5.69 Å². The van der Waals surface area contributed by atoms with Gasteiger partial charge in [-0.05, 0) is 12.1 Å². The fourth-order valence-electron chi connectivity index (χ4n) is 1.29. The number of hydrogen-bond donors (Lipinski definition) is 4. The van der Waals surface area contributed by atoms with Gasteiger partial charge in [0.15, 0.2) is 6.10 Å². The first-order valence-electron chi connectivity index (χ1n) is 4.54. The molecule has 92 valence electrons. The quantitative estimate of drug-likeness (QED) is 0.303. The van der Waals surface area contributed by atoms with Gasteiger partial charge in [0.05, 0.1) is 10.5 Å². The minimum atomic E-state index is -1.92. The summed E-state index contributed by atoms with van der Waals surface area (Å²) in [5.74, 6) is -1.18. The van der Waals surface area contributed by atoms with Crippen LogP contribution in [-0.2, 0) is 4.79 Å². The van der Waals surface area contributed by atoms with Crippen molar-refractivity contribution in [1.82, 2.24) is 0 Å². The maximum absolute atomic E-state index is 10.7. The van der Waals surface area contributed by atoms with Crippen LogP contribution in [0.2, 0.25) is 0 Å². The Balaban J connectivity index is 3.21. The second kappa shape index (κ2) is 4.76. The van der Waals surface area contributed by atoms with Crippen LogP contribution in [0.5, 0.6) is 0 Å². The summed E-state index contributed by atoms with van der Waals surface area (Å²) in [7, 11) is 0. The lowest BCUT2D eigenvalue weighted by Crippen LogP contribution is -2.34. The van der Waals surface area contributed by atoms with Gasteiger partial charge in [-0.2, -0.15) is 0 Å². The minimum Gasteiger partial charge on any atom is -0.399 e. The Bertz CT molecular complexity index is 462. The first-order valence-corrected chi connectivity index (χ1v) is 4.54. The molecule has 0 saturated heterocycles. The summed E-state index contributed by atoms with van der Waals surface area (Å²) in [5, 5.41) is 29.5. The molecule has 1 rings (SSSR count). The highest BCUT2D eigenvalue weighted by molar-refractivity contribution is 5.79. The topological polar surface area (TPSA) is 153 Å². The lowest BCUT2D eigenvalue weighted by molar-refractivity contribution is -0.386. The standard InChI is InChI=1S/C9H11N3O5/c10-4-1-2-5(6(3-4)12(16)17)7(13)8(14)9(11)15/h1-3,7-8,13-14H,10H2,(H2,11,15). The van der Waals surface area contributed by atoms with Crippen LogP contribution < -0.4 is 11.5 Å². The summed E-state index contributed by atoms with van der Waals surface area (Å²) in [6.07, 6.45) is -3.69. The van der Waals surface area contributed by atoms with E-state index in [0.29, 0.717) is 0 Å². The molecule has 0 saturated carbocycles. The number of nitrogens with two attached hydrogens (primary N) is 2. The van der Waals surface area contributed by atoms with Crippen molar-refractivity contribution in [1.29, 1.82) is 0 Å². The van der Waals surface area contributed by atoms with Gasteiger partial charge in [-0.1, -0.05) is 0 Å². The van der Waals surface area contributed by atoms with Gasteiger partial charge in [0.1, 0.15) is 6.10 Å². The molecule has 8 heteroatoms. The summed E-state index contributed by atoms with van der Waals surface area (Å²) in [5.41, 5.74) is 9.56. The lowest BCUT2D eigenvalue weighted by Gasteiger charge is -2.15. The number of hydrogen-bond acceptors (Lipinski definition) is 6. The number of nitro groups is 1. The molecule has 0 spiro atoms. The van der Waals surface area contributed by atoms with Gasteiger partial charge in [-0.15, -0.1) is 0 Å². The third-order valence-electron chi connectivity index (χ3n) is 2.16. The molecule has 1 aromatic carbocycles. The van der Waals surface area contributed by atoms with E-state index in [1.54, 1.807) is 0 Å². The van der Waals surface area contributed by atoms with Crippen LogP contribution in [0.3, 0.4) is 0 Å². The Morgan fingerprint density at radius 1 is 1.41 bits per heavy atom. The number of nitrogen functional groups attached to an aromatic ring is 1. The Kier molecular flexibility index (Phi) is 3.61. The summed E-state index contributed by atoms with van der Waals surface area (Å²) in [6.45, 7) is 0. The van der Waals surface area contributed by atoms with E-state index in [0.717, 1.165) is 12.1 Å². The van der Waals surface area contributed by atoms with Crippen LogP contribution in [0, 0.1) is 10.1 Å². The van der Waals surface area contributed by atoms with Crippen LogP contribution in [-0.4, -0.2) is 27.1 Å². The predicted octanol–water partition coefficient (Wildman–Crippen LogP) is -0.943. The average molecular weight is 241 g/mol. The first kappa shape index (κ1) is 12.9. The molecule has 0 radical (unpaired) electrons. The number of aliphatic hydroxyl groups excluding tert-OH is 2. The van der Waals surface area contributed by atoms with E-state index in [1.165, 1.54) is 6.07 Å². The lowest BCUT2D eigenvalue weighted by atomic mass is 10.0. The molecule has 8 nitrogen and oxygen atoms in total. The van der Waals surface area contributed by atoms with Crippen molar-refractivity contribution in [2.24, 2.45) is 5.73 Å². The SMILES string of the molecule is NC(=O)C(O)C(O)c1ccc(N)cc1[N+](=O)[O-]. The van der Waals surface area contributed by atoms with Gasteiger partial charge in [0.2, 0.25) is 5.91 Å². The summed E-state index contributed by atoms with van der Waals surface area (Å²) in [6, 6.07) is 3.48. The molecule has 0 aliphatic heterocycles. The van der Waals surface area contributed by atoms with E-state index in [1.807, 2.05) is 0 Å². The fourth-order valence-corrected chi connectivity index (χ4v) is 1.29. The molecule has 0 aliphatic rings.